The third-order valence-corrected chi connectivity index (χ3v) is 8.29. The molecule has 55 heavy (non-hydrogen) atoms. The molecule has 0 saturated carbocycles. The Hall–Kier alpha value is -5.75. The van der Waals surface area contributed by atoms with Crippen LogP contribution in [0.5, 0.6) is 17.2 Å². The van der Waals surface area contributed by atoms with Gasteiger partial charge in [-0.3, -0.25) is 4.79 Å². The summed E-state index contributed by atoms with van der Waals surface area (Å²) in [5, 5.41) is 12.2. The smallest absolute Gasteiger partial charge is 0.430 e. The van der Waals surface area contributed by atoms with Gasteiger partial charge in [0.25, 0.3) is 5.91 Å². The minimum atomic E-state index is -1.61. The highest BCUT2D eigenvalue weighted by molar-refractivity contribution is 5.88. The minimum Gasteiger partial charge on any atom is -0.490 e. The third kappa shape index (κ3) is 12.1. The Morgan fingerprint density at radius 2 is 1.16 bits per heavy atom. The molecule has 3 atom stereocenters. The maximum absolute atomic E-state index is 15.0. The number of nitrogens with zero attached hydrogens (tertiary/aromatic N) is 2. The van der Waals surface area contributed by atoms with Crippen LogP contribution >= 0.6 is 0 Å². The van der Waals surface area contributed by atoms with Crippen LogP contribution < -0.4 is 19.6 Å². The maximum Gasteiger partial charge on any atom is 0.430 e. The van der Waals surface area contributed by atoms with Crippen molar-refractivity contribution >= 4 is 18.1 Å². The zero-order valence-electron chi connectivity index (χ0n) is 33.1. The first-order chi connectivity index (χ1) is 26.0. The van der Waals surface area contributed by atoms with Crippen molar-refractivity contribution in [2.75, 3.05) is 14.2 Å². The molecule has 4 aromatic rings. The van der Waals surface area contributed by atoms with E-state index in [1.165, 1.54) is 19.1 Å². The summed E-state index contributed by atoms with van der Waals surface area (Å²) in [6.07, 6.45) is -3.16. The molecule has 0 heterocycles. The SMILES string of the molecule is COc1c(OCc2ccccc2)cc([C@@H](C(=O)N(C)[C@@H](C)[C@@H](O)c2ccccc2)N(NC(=O)OC(C)(C)C)C(=O)OC(C)(C)C)cc1OCc1ccccc1. The monoisotopic (exact) mass is 755 g/mol. The van der Waals surface area contributed by atoms with Gasteiger partial charge in [-0.15, -0.1) is 0 Å². The number of amides is 3. The normalized spacial score (nSPS) is 13.1. The second-order valence-electron chi connectivity index (χ2n) is 15.0. The number of carbonyl (C=O) groups is 3. The molecule has 0 spiro atoms. The summed E-state index contributed by atoms with van der Waals surface area (Å²) in [5.74, 6) is -0.0400. The molecule has 0 radical (unpaired) electrons. The molecule has 2 N–H and O–H groups in total. The highest BCUT2D eigenvalue weighted by Gasteiger charge is 2.41. The standard InChI is InChI=1S/C43H53N3O9/c1-29(37(47)32-23-17-12-18-24-32)45(8)39(48)36(46(41(50)55-43(5,6)7)44-40(49)54-42(2,3)4)33-25-34(52-27-30-19-13-10-14-20-30)38(51-9)35(26-33)53-28-31-21-15-11-16-22-31/h10-26,29,36-37,47H,27-28H2,1-9H3,(H,44,49)/t29-,36-,37+/m0/s1. The number of nitrogens with one attached hydrogen (secondary N) is 1. The van der Waals surface area contributed by atoms with E-state index in [1.807, 2.05) is 66.7 Å². The van der Waals surface area contributed by atoms with Crippen molar-refractivity contribution in [3.05, 3.63) is 125 Å². The number of aliphatic hydroxyl groups is 1. The first-order valence-electron chi connectivity index (χ1n) is 18.0. The third-order valence-electron chi connectivity index (χ3n) is 8.29. The van der Waals surface area contributed by atoms with Gasteiger partial charge in [0, 0.05) is 7.05 Å². The number of hydrogen-bond donors (Lipinski definition) is 2. The van der Waals surface area contributed by atoms with Crippen molar-refractivity contribution in [3.63, 3.8) is 0 Å². The van der Waals surface area contributed by atoms with E-state index in [9.17, 15) is 19.5 Å². The van der Waals surface area contributed by atoms with Gasteiger partial charge in [0.05, 0.1) is 19.3 Å². The Labute approximate surface area is 323 Å². The van der Waals surface area contributed by atoms with Crippen LogP contribution in [-0.2, 0) is 27.5 Å². The van der Waals surface area contributed by atoms with Crippen LogP contribution in [0.2, 0.25) is 0 Å². The van der Waals surface area contributed by atoms with Crippen molar-refractivity contribution in [1.82, 2.24) is 15.3 Å². The molecule has 3 amide bonds. The molecular formula is C43H53N3O9. The van der Waals surface area contributed by atoms with E-state index in [0.717, 1.165) is 16.1 Å². The van der Waals surface area contributed by atoms with Crippen LogP contribution in [0.4, 0.5) is 9.59 Å². The molecule has 4 rings (SSSR count). The second kappa shape index (κ2) is 18.5. The van der Waals surface area contributed by atoms with Crippen molar-refractivity contribution in [3.8, 4) is 17.2 Å². The van der Waals surface area contributed by atoms with Crippen LogP contribution in [-0.4, -0.2) is 64.5 Å². The lowest BCUT2D eigenvalue weighted by Crippen LogP contribution is -2.56. The van der Waals surface area contributed by atoms with E-state index in [1.54, 1.807) is 84.9 Å². The molecule has 0 aliphatic rings. The molecule has 0 unspecified atom stereocenters. The highest BCUT2D eigenvalue weighted by Crippen LogP contribution is 2.42. The lowest BCUT2D eigenvalue weighted by molar-refractivity contribution is -0.141. The summed E-state index contributed by atoms with van der Waals surface area (Å²) in [6.45, 7) is 11.9. The fourth-order valence-corrected chi connectivity index (χ4v) is 5.50. The van der Waals surface area contributed by atoms with E-state index < -0.39 is 47.5 Å². The summed E-state index contributed by atoms with van der Waals surface area (Å²) < 4.78 is 29.8. The number of aliphatic hydroxyl groups excluding tert-OH is 1. The van der Waals surface area contributed by atoms with Crippen molar-refractivity contribution in [1.29, 1.82) is 0 Å². The first kappa shape index (κ1) is 42.0. The van der Waals surface area contributed by atoms with Gasteiger partial charge < -0.3 is 33.7 Å². The summed E-state index contributed by atoms with van der Waals surface area (Å²) in [6, 6.07) is 28.5. The minimum absolute atomic E-state index is 0.129. The Morgan fingerprint density at radius 1 is 0.709 bits per heavy atom. The summed E-state index contributed by atoms with van der Waals surface area (Å²) in [4.78, 5) is 43.9. The average Bonchev–Trinajstić information content (AvgIpc) is 3.14. The lowest BCUT2D eigenvalue weighted by atomic mass is 9.99. The predicted molar refractivity (Wildman–Crippen MR) is 208 cm³/mol. The Bertz CT molecular complexity index is 1790. The van der Waals surface area contributed by atoms with Crippen LogP contribution in [0.25, 0.3) is 0 Å². The topological polar surface area (TPSA) is 136 Å². The van der Waals surface area contributed by atoms with Gasteiger partial charge in [0.1, 0.15) is 24.4 Å². The van der Waals surface area contributed by atoms with Gasteiger partial charge in [-0.1, -0.05) is 91.0 Å². The second-order valence-corrected chi connectivity index (χ2v) is 15.0. The molecule has 12 heteroatoms. The number of hydrogen-bond acceptors (Lipinski definition) is 9. The first-order valence-corrected chi connectivity index (χ1v) is 18.0. The van der Waals surface area contributed by atoms with Crippen molar-refractivity contribution < 1.29 is 43.2 Å². The number of hydrazine groups is 1. The van der Waals surface area contributed by atoms with Gasteiger partial charge in [-0.25, -0.2) is 15.0 Å². The van der Waals surface area contributed by atoms with Crippen molar-refractivity contribution in [2.24, 2.45) is 0 Å². The van der Waals surface area contributed by atoms with Crippen molar-refractivity contribution in [2.45, 2.75) is 91.1 Å². The van der Waals surface area contributed by atoms with Crippen LogP contribution in [0, 0.1) is 0 Å². The fourth-order valence-electron chi connectivity index (χ4n) is 5.50. The molecule has 294 valence electrons. The predicted octanol–water partition coefficient (Wildman–Crippen LogP) is 8.15. The van der Waals surface area contributed by atoms with Crippen LogP contribution in [0.15, 0.2) is 103 Å². The molecule has 0 aromatic heterocycles. The Balaban J connectivity index is 1.92. The molecule has 0 aliphatic heterocycles. The quantitative estimate of drug-likeness (QED) is 0.130. The lowest BCUT2D eigenvalue weighted by Gasteiger charge is -2.37. The van der Waals surface area contributed by atoms with E-state index in [2.05, 4.69) is 5.43 Å². The molecule has 12 nitrogen and oxygen atoms in total. The number of ether oxygens (including phenoxy) is 5. The zero-order valence-corrected chi connectivity index (χ0v) is 33.1. The van der Waals surface area contributed by atoms with Gasteiger partial charge in [0.2, 0.25) is 5.75 Å². The number of benzene rings is 4. The summed E-state index contributed by atoms with van der Waals surface area (Å²) in [5.41, 5.74) is 2.98. The largest absolute Gasteiger partial charge is 0.490 e. The number of methoxy groups -OCH3 is 1. The van der Waals surface area contributed by atoms with E-state index in [4.69, 9.17) is 23.7 Å². The van der Waals surface area contributed by atoms with E-state index >= 15 is 0 Å². The molecular weight excluding hydrogens is 702 g/mol. The number of likely N-dealkylation sites (N-methyl/N-ethyl adjacent to an activating group) is 1. The summed E-state index contributed by atoms with van der Waals surface area (Å²) >= 11 is 0. The fraction of sp³-hybridized carbons (Fsp3) is 0.372. The van der Waals surface area contributed by atoms with E-state index in [0.29, 0.717) is 5.56 Å². The summed E-state index contributed by atoms with van der Waals surface area (Å²) in [7, 11) is 2.98. The van der Waals surface area contributed by atoms with Crippen LogP contribution in [0.3, 0.4) is 0 Å². The van der Waals surface area contributed by atoms with Gasteiger partial charge in [-0.2, -0.15) is 5.01 Å². The van der Waals surface area contributed by atoms with Gasteiger partial charge in [-0.05, 0) is 82.9 Å². The van der Waals surface area contributed by atoms with Gasteiger partial charge in [0.15, 0.2) is 17.5 Å². The average molecular weight is 756 g/mol. The Kier molecular flexibility index (Phi) is 14.1. The Morgan fingerprint density at radius 3 is 1.60 bits per heavy atom. The number of rotatable bonds is 13. The highest BCUT2D eigenvalue weighted by atomic mass is 16.6. The molecule has 0 bridgehead atoms. The van der Waals surface area contributed by atoms with Crippen LogP contribution in [0.1, 0.15) is 82.9 Å². The zero-order chi connectivity index (χ0) is 40.3. The molecule has 0 saturated heterocycles. The molecule has 0 fully saturated rings. The van der Waals surface area contributed by atoms with E-state index in [-0.39, 0.29) is 36.0 Å². The number of carbonyl (C=O) groups excluding carboxylic acids is 3. The molecule has 4 aromatic carbocycles. The maximum atomic E-state index is 15.0. The van der Waals surface area contributed by atoms with Gasteiger partial charge >= 0.3 is 12.2 Å². The molecule has 0 aliphatic carbocycles.